The van der Waals surface area contributed by atoms with Gasteiger partial charge in [0.15, 0.2) is 5.13 Å². The maximum Gasteiger partial charge on any atom is 0.413 e. The lowest BCUT2D eigenvalue weighted by molar-refractivity contribution is -0.120. The van der Waals surface area contributed by atoms with Crippen molar-refractivity contribution in [1.29, 1.82) is 0 Å². The zero-order chi connectivity index (χ0) is 16.7. The van der Waals surface area contributed by atoms with Crippen LogP contribution in [0.4, 0.5) is 9.93 Å². The number of carbonyl (C=O) groups is 2. The van der Waals surface area contributed by atoms with E-state index in [1.54, 1.807) is 24.4 Å². The van der Waals surface area contributed by atoms with Gasteiger partial charge in [-0.05, 0) is 24.6 Å². The van der Waals surface area contributed by atoms with Crippen molar-refractivity contribution in [3.05, 3.63) is 45.9 Å². The zero-order valence-electron chi connectivity index (χ0n) is 12.5. The van der Waals surface area contributed by atoms with Gasteiger partial charge >= 0.3 is 6.09 Å². The number of hydrogen-bond acceptors (Lipinski definition) is 5. The smallest absolute Gasteiger partial charge is 0.413 e. The van der Waals surface area contributed by atoms with Crippen LogP contribution in [0.5, 0.6) is 0 Å². The average Bonchev–Trinajstić information content (AvgIpc) is 2.94. The van der Waals surface area contributed by atoms with Gasteiger partial charge < -0.3 is 10.1 Å². The van der Waals surface area contributed by atoms with Gasteiger partial charge in [-0.3, -0.25) is 10.1 Å². The van der Waals surface area contributed by atoms with Gasteiger partial charge in [0.05, 0.1) is 18.7 Å². The SMILES string of the molecule is CCOC(=O)Nc1nc(CC(=O)NCc2ccc(Cl)cc2)cs1. The molecule has 2 amide bonds. The summed E-state index contributed by atoms with van der Waals surface area (Å²) in [5.74, 6) is -0.145. The highest BCUT2D eigenvalue weighted by atomic mass is 35.5. The van der Waals surface area contributed by atoms with Crippen LogP contribution in [0.2, 0.25) is 5.02 Å². The summed E-state index contributed by atoms with van der Waals surface area (Å²) in [7, 11) is 0. The van der Waals surface area contributed by atoms with E-state index in [-0.39, 0.29) is 18.9 Å². The minimum atomic E-state index is -0.555. The van der Waals surface area contributed by atoms with E-state index in [0.717, 1.165) is 5.56 Å². The number of nitrogens with one attached hydrogen (secondary N) is 2. The highest BCUT2D eigenvalue weighted by Gasteiger charge is 2.10. The Morgan fingerprint density at radius 1 is 1.30 bits per heavy atom. The van der Waals surface area contributed by atoms with E-state index in [9.17, 15) is 9.59 Å². The molecule has 0 saturated heterocycles. The third kappa shape index (κ3) is 5.88. The number of thiazole rings is 1. The molecule has 2 rings (SSSR count). The van der Waals surface area contributed by atoms with Crippen molar-refractivity contribution in [3.63, 3.8) is 0 Å². The summed E-state index contributed by atoms with van der Waals surface area (Å²) in [6.07, 6.45) is -0.408. The summed E-state index contributed by atoms with van der Waals surface area (Å²) < 4.78 is 4.76. The van der Waals surface area contributed by atoms with Crippen molar-refractivity contribution >= 4 is 40.1 Å². The maximum atomic E-state index is 11.9. The predicted molar refractivity (Wildman–Crippen MR) is 89.8 cm³/mol. The van der Waals surface area contributed by atoms with Crippen LogP contribution in [0.25, 0.3) is 0 Å². The summed E-state index contributed by atoms with van der Waals surface area (Å²) in [5, 5.41) is 8.10. The average molecular weight is 354 g/mol. The lowest BCUT2D eigenvalue weighted by Crippen LogP contribution is -2.24. The second-order valence-electron chi connectivity index (χ2n) is 4.57. The first-order valence-corrected chi connectivity index (χ1v) is 8.22. The first-order chi connectivity index (χ1) is 11.1. The molecular weight excluding hydrogens is 338 g/mol. The Hall–Kier alpha value is -2.12. The second kappa shape index (κ2) is 8.50. The molecule has 0 atom stereocenters. The molecular formula is C15H16ClN3O3S. The minimum absolute atomic E-state index is 0.145. The molecule has 0 aliphatic heterocycles. The number of aromatic nitrogens is 1. The molecule has 1 heterocycles. The first kappa shape index (κ1) is 17.2. The van der Waals surface area contributed by atoms with Crippen LogP contribution in [0.3, 0.4) is 0 Å². The van der Waals surface area contributed by atoms with Crippen molar-refractivity contribution in [2.45, 2.75) is 19.9 Å². The van der Waals surface area contributed by atoms with Crippen molar-refractivity contribution in [1.82, 2.24) is 10.3 Å². The normalized spacial score (nSPS) is 10.2. The van der Waals surface area contributed by atoms with Crippen molar-refractivity contribution in [2.75, 3.05) is 11.9 Å². The highest BCUT2D eigenvalue weighted by Crippen LogP contribution is 2.16. The number of nitrogens with zero attached hydrogens (tertiary/aromatic N) is 1. The molecule has 6 nitrogen and oxygen atoms in total. The third-order valence-electron chi connectivity index (χ3n) is 2.78. The van der Waals surface area contributed by atoms with Crippen LogP contribution in [-0.2, 0) is 22.5 Å². The van der Waals surface area contributed by atoms with E-state index in [4.69, 9.17) is 16.3 Å². The van der Waals surface area contributed by atoms with Gasteiger partial charge in [0, 0.05) is 16.9 Å². The van der Waals surface area contributed by atoms with E-state index >= 15 is 0 Å². The van der Waals surface area contributed by atoms with Crippen molar-refractivity contribution in [3.8, 4) is 0 Å². The fourth-order valence-electron chi connectivity index (χ4n) is 1.73. The van der Waals surface area contributed by atoms with E-state index in [0.29, 0.717) is 22.4 Å². The number of amides is 2. The number of rotatable bonds is 6. The third-order valence-corrected chi connectivity index (χ3v) is 3.84. The van der Waals surface area contributed by atoms with Gasteiger partial charge in [-0.2, -0.15) is 0 Å². The summed E-state index contributed by atoms with van der Waals surface area (Å²) >= 11 is 7.05. The van der Waals surface area contributed by atoms with Gasteiger partial charge in [0.25, 0.3) is 0 Å². The number of benzene rings is 1. The number of halogens is 1. The van der Waals surface area contributed by atoms with Crippen LogP contribution in [0.15, 0.2) is 29.6 Å². The first-order valence-electron chi connectivity index (χ1n) is 6.96. The minimum Gasteiger partial charge on any atom is -0.450 e. The quantitative estimate of drug-likeness (QED) is 0.835. The largest absolute Gasteiger partial charge is 0.450 e. The molecule has 2 N–H and O–H groups in total. The molecule has 2 aromatic rings. The molecule has 23 heavy (non-hydrogen) atoms. The summed E-state index contributed by atoms with van der Waals surface area (Å²) in [6.45, 7) is 2.43. The second-order valence-corrected chi connectivity index (χ2v) is 5.86. The van der Waals surface area contributed by atoms with Crippen LogP contribution < -0.4 is 10.6 Å². The standard InChI is InChI=1S/C15H16ClN3O3S/c1-2-22-15(21)19-14-18-12(9-23-14)7-13(20)17-8-10-3-5-11(16)6-4-10/h3-6,9H,2,7-8H2,1H3,(H,17,20)(H,18,19,21). The Morgan fingerprint density at radius 2 is 2.04 bits per heavy atom. The Bertz CT molecular complexity index is 673. The monoisotopic (exact) mass is 353 g/mol. The highest BCUT2D eigenvalue weighted by molar-refractivity contribution is 7.13. The fourth-order valence-corrected chi connectivity index (χ4v) is 2.55. The summed E-state index contributed by atoms with van der Waals surface area (Å²) in [6, 6.07) is 7.26. The maximum absolute atomic E-state index is 11.9. The fraction of sp³-hybridized carbons (Fsp3) is 0.267. The number of ether oxygens (including phenoxy) is 1. The zero-order valence-corrected chi connectivity index (χ0v) is 14.0. The molecule has 8 heteroatoms. The lowest BCUT2D eigenvalue weighted by Gasteiger charge is -2.04. The molecule has 0 radical (unpaired) electrons. The Kier molecular flexibility index (Phi) is 6.37. The van der Waals surface area contributed by atoms with E-state index in [2.05, 4.69) is 15.6 Å². The molecule has 0 fully saturated rings. The summed E-state index contributed by atoms with van der Waals surface area (Å²) in [5.41, 5.74) is 1.56. The number of carbonyl (C=O) groups excluding carboxylic acids is 2. The summed E-state index contributed by atoms with van der Waals surface area (Å²) in [4.78, 5) is 27.3. The topological polar surface area (TPSA) is 80.3 Å². The van der Waals surface area contributed by atoms with Gasteiger partial charge in [-0.15, -0.1) is 11.3 Å². The van der Waals surface area contributed by atoms with E-state index in [1.807, 2.05) is 12.1 Å². The Labute approximate surface area is 142 Å². The van der Waals surface area contributed by atoms with E-state index in [1.165, 1.54) is 11.3 Å². The van der Waals surface area contributed by atoms with Crippen LogP contribution in [-0.4, -0.2) is 23.6 Å². The molecule has 0 bridgehead atoms. The molecule has 0 aliphatic carbocycles. The van der Waals surface area contributed by atoms with Crippen molar-refractivity contribution in [2.24, 2.45) is 0 Å². The predicted octanol–water partition coefficient (Wildman–Crippen LogP) is 3.22. The van der Waals surface area contributed by atoms with E-state index < -0.39 is 6.09 Å². The Balaban J connectivity index is 1.80. The van der Waals surface area contributed by atoms with Crippen molar-refractivity contribution < 1.29 is 14.3 Å². The van der Waals surface area contributed by atoms with Crippen LogP contribution in [0.1, 0.15) is 18.2 Å². The lowest BCUT2D eigenvalue weighted by atomic mass is 10.2. The van der Waals surface area contributed by atoms with Gasteiger partial charge in [-0.1, -0.05) is 23.7 Å². The molecule has 0 saturated carbocycles. The van der Waals surface area contributed by atoms with Gasteiger partial charge in [0.2, 0.25) is 5.91 Å². The van der Waals surface area contributed by atoms with Crippen LogP contribution in [0, 0.1) is 0 Å². The van der Waals surface area contributed by atoms with Gasteiger partial charge in [0.1, 0.15) is 0 Å². The molecule has 1 aromatic carbocycles. The molecule has 0 unspecified atom stereocenters. The molecule has 122 valence electrons. The number of hydrogen-bond donors (Lipinski definition) is 2. The number of anilines is 1. The molecule has 0 aliphatic rings. The van der Waals surface area contributed by atoms with Crippen LogP contribution >= 0.6 is 22.9 Å². The van der Waals surface area contributed by atoms with Gasteiger partial charge in [-0.25, -0.2) is 9.78 Å². The Morgan fingerprint density at radius 3 is 2.74 bits per heavy atom. The molecule has 1 aromatic heterocycles. The molecule has 0 spiro atoms.